The summed E-state index contributed by atoms with van der Waals surface area (Å²) in [6.45, 7) is 2.76. The molecule has 0 aromatic carbocycles. The fraction of sp³-hybridized carbons (Fsp3) is 0.750. The van der Waals surface area contributed by atoms with Gasteiger partial charge >= 0.3 is 5.97 Å². The SMILES string of the molecule is CC(=O)OC1CCNCCC1=O. The van der Waals surface area contributed by atoms with Gasteiger partial charge in [0.2, 0.25) is 0 Å². The lowest BCUT2D eigenvalue weighted by Crippen LogP contribution is -2.25. The second kappa shape index (κ2) is 4.21. The van der Waals surface area contributed by atoms with Gasteiger partial charge in [-0.15, -0.1) is 0 Å². The topological polar surface area (TPSA) is 55.4 Å². The zero-order chi connectivity index (χ0) is 8.97. The second-order valence-corrected chi connectivity index (χ2v) is 2.85. The molecule has 1 aliphatic heterocycles. The van der Waals surface area contributed by atoms with E-state index in [9.17, 15) is 9.59 Å². The zero-order valence-corrected chi connectivity index (χ0v) is 7.13. The molecule has 0 aliphatic carbocycles. The monoisotopic (exact) mass is 171 g/mol. The first-order valence-electron chi connectivity index (χ1n) is 4.11. The van der Waals surface area contributed by atoms with E-state index in [1.807, 2.05) is 0 Å². The molecule has 12 heavy (non-hydrogen) atoms. The van der Waals surface area contributed by atoms with Gasteiger partial charge in [-0.25, -0.2) is 0 Å². The Balaban J connectivity index is 2.47. The van der Waals surface area contributed by atoms with E-state index in [-0.39, 0.29) is 11.8 Å². The number of ketones is 1. The van der Waals surface area contributed by atoms with E-state index >= 15 is 0 Å². The van der Waals surface area contributed by atoms with Crippen molar-refractivity contribution in [2.24, 2.45) is 0 Å². The van der Waals surface area contributed by atoms with E-state index in [2.05, 4.69) is 5.32 Å². The molecule has 1 unspecified atom stereocenters. The molecular weight excluding hydrogens is 158 g/mol. The minimum absolute atomic E-state index is 0.0233. The zero-order valence-electron chi connectivity index (χ0n) is 7.13. The van der Waals surface area contributed by atoms with Crippen molar-refractivity contribution in [2.75, 3.05) is 13.1 Å². The highest BCUT2D eigenvalue weighted by Crippen LogP contribution is 2.05. The van der Waals surface area contributed by atoms with Gasteiger partial charge in [0.1, 0.15) is 0 Å². The van der Waals surface area contributed by atoms with Crippen molar-refractivity contribution >= 4 is 11.8 Å². The summed E-state index contributed by atoms with van der Waals surface area (Å²) >= 11 is 0. The molecule has 0 aromatic heterocycles. The molecule has 0 saturated carbocycles. The lowest BCUT2D eigenvalue weighted by Gasteiger charge is -2.11. The van der Waals surface area contributed by atoms with Crippen LogP contribution in [0.1, 0.15) is 19.8 Å². The summed E-state index contributed by atoms with van der Waals surface area (Å²) in [5.74, 6) is -0.356. The Morgan fingerprint density at radius 1 is 1.58 bits per heavy atom. The Hall–Kier alpha value is -0.900. The molecule has 1 heterocycles. The second-order valence-electron chi connectivity index (χ2n) is 2.85. The fourth-order valence-electron chi connectivity index (χ4n) is 1.22. The fourth-order valence-corrected chi connectivity index (χ4v) is 1.22. The Bertz CT molecular complexity index is 191. The van der Waals surface area contributed by atoms with Crippen molar-refractivity contribution in [2.45, 2.75) is 25.9 Å². The van der Waals surface area contributed by atoms with E-state index in [1.54, 1.807) is 0 Å². The summed E-state index contributed by atoms with van der Waals surface area (Å²) in [5, 5.41) is 3.07. The number of rotatable bonds is 1. The number of hydrogen-bond acceptors (Lipinski definition) is 4. The smallest absolute Gasteiger partial charge is 0.303 e. The largest absolute Gasteiger partial charge is 0.454 e. The molecule has 1 fully saturated rings. The number of Topliss-reactive ketones (excluding diaryl/α,β-unsaturated/α-hetero) is 1. The van der Waals surface area contributed by atoms with Gasteiger partial charge in [0, 0.05) is 26.3 Å². The highest BCUT2D eigenvalue weighted by molar-refractivity contribution is 5.85. The summed E-state index contributed by atoms with van der Waals surface area (Å²) in [4.78, 5) is 21.8. The molecule has 0 amide bonds. The molecule has 1 atom stereocenters. The minimum atomic E-state index is -0.516. The van der Waals surface area contributed by atoms with Crippen LogP contribution in [0.5, 0.6) is 0 Å². The predicted molar refractivity (Wildman–Crippen MR) is 42.7 cm³/mol. The van der Waals surface area contributed by atoms with Gasteiger partial charge in [0.25, 0.3) is 0 Å². The van der Waals surface area contributed by atoms with Crippen LogP contribution in [0.4, 0.5) is 0 Å². The van der Waals surface area contributed by atoms with Crippen LogP contribution in [0.3, 0.4) is 0 Å². The molecule has 68 valence electrons. The first-order valence-corrected chi connectivity index (χ1v) is 4.11. The molecule has 0 radical (unpaired) electrons. The molecule has 1 saturated heterocycles. The Labute approximate surface area is 71.3 Å². The van der Waals surface area contributed by atoms with Gasteiger partial charge in [-0.3, -0.25) is 9.59 Å². The number of ether oxygens (including phenoxy) is 1. The lowest BCUT2D eigenvalue weighted by molar-refractivity contribution is -0.152. The van der Waals surface area contributed by atoms with Crippen molar-refractivity contribution in [3.05, 3.63) is 0 Å². The van der Waals surface area contributed by atoms with Gasteiger partial charge in [0.05, 0.1) is 0 Å². The van der Waals surface area contributed by atoms with Crippen LogP contribution in [0.25, 0.3) is 0 Å². The van der Waals surface area contributed by atoms with Crippen LogP contribution < -0.4 is 5.32 Å². The molecule has 0 bridgehead atoms. The maximum atomic E-state index is 11.2. The van der Waals surface area contributed by atoms with E-state index in [4.69, 9.17) is 4.74 Å². The van der Waals surface area contributed by atoms with Crippen LogP contribution in [0, 0.1) is 0 Å². The number of nitrogens with one attached hydrogen (secondary N) is 1. The number of carbonyl (C=O) groups excluding carboxylic acids is 2. The van der Waals surface area contributed by atoms with E-state index < -0.39 is 6.10 Å². The third-order valence-electron chi connectivity index (χ3n) is 1.80. The van der Waals surface area contributed by atoms with Gasteiger partial charge in [-0.05, 0) is 6.54 Å². The third-order valence-corrected chi connectivity index (χ3v) is 1.80. The molecule has 1 aliphatic rings. The van der Waals surface area contributed by atoms with Crippen LogP contribution in [-0.4, -0.2) is 30.9 Å². The average molecular weight is 171 g/mol. The van der Waals surface area contributed by atoms with Gasteiger partial charge in [0.15, 0.2) is 11.9 Å². The Morgan fingerprint density at radius 2 is 2.33 bits per heavy atom. The Kier molecular flexibility index (Phi) is 3.22. The van der Waals surface area contributed by atoms with Crippen LogP contribution in [-0.2, 0) is 14.3 Å². The number of esters is 1. The molecule has 4 nitrogen and oxygen atoms in total. The summed E-state index contributed by atoms with van der Waals surface area (Å²) < 4.78 is 4.85. The van der Waals surface area contributed by atoms with E-state index in [0.717, 1.165) is 6.54 Å². The molecular formula is C8H13NO3. The maximum Gasteiger partial charge on any atom is 0.303 e. The standard InChI is InChI=1S/C8H13NO3/c1-6(10)12-8-3-5-9-4-2-7(8)11/h8-9H,2-5H2,1H3. The molecule has 4 heteroatoms. The van der Waals surface area contributed by atoms with Crippen molar-refractivity contribution < 1.29 is 14.3 Å². The minimum Gasteiger partial charge on any atom is -0.454 e. The quantitative estimate of drug-likeness (QED) is 0.558. The molecule has 0 spiro atoms. The summed E-state index contributed by atoms with van der Waals surface area (Å²) in [5.41, 5.74) is 0. The summed E-state index contributed by atoms with van der Waals surface area (Å²) in [6, 6.07) is 0. The highest BCUT2D eigenvalue weighted by atomic mass is 16.5. The third kappa shape index (κ3) is 2.62. The lowest BCUT2D eigenvalue weighted by atomic mass is 10.1. The average Bonchev–Trinajstić information content (AvgIpc) is 2.16. The van der Waals surface area contributed by atoms with Gasteiger partial charge in [-0.1, -0.05) is 0 Å². The number of hydrogen-bond donors (Lipinski definition) is 1. The normalized spacial score (nSPS) is 24.8. The van der Waals surface area contributed by atoms with Crippen molar-refractivity contribution in [3.63, 3.8) is 0 Å². The molecule has 1 N–H and O–H groups in total. The van der Waals surface area contributed by atoms with E-state index in [1.165, 1.54) is 6.92 Å². The van der Waals surface area contributed by atoms with Crippen molar-refractivity contribution in [1.82, 2.24) is 5.32 Å². The first-order chi connectivity index (χ1) is 5.70. The summed E-state index contributed by atoms with van der Waals surface area (Å²) in [7, 11) is 0. The highest BCUT2D eigenvalue weighted by Gasteiger charge is 2.22. The van der Waals surface area contributed by atoms with Crippen molar-refractivity contribution in [1.29, 1.82) is 0 Å². The predicted octanol–water partition coefficient (Wildman–Crippen LogP) is -0.129. The molecule has 1 rings (SSSR count). The van der Waals surface area contributed by atoms with Crippen LogP contribution in [0.15, 0.2) is 0 Å². The van der Waals surface area contributed by atoms with Crippen LogP contribution in [0.2, 0.25) is 0 Å². The van der Waals surface area contributed by atoms with Crippen molar-refractivity contribution in [3.8, 4) is 0 Å². The van der Waals surface area contributed by atoms with Crippen LogP contribution >= 0.6 is 0 Å². The number of carbonyl (C=O) groups is 2. The first kappa shape index (κ1) is 9.19. The Morgan fingerprint density at radius 3 is 3.00 bits per heavy atom. The van der Waals surface area contributed by atoms with Gasteiger partial charge in [-0.2, -0.15) is 0 Å². The van der Waals surface area contributed by atoms with Gasteiger partial charge < -0.3 is 10.1 Å². The summed E-state index contributed by atoms with van der Waals surface area (Å²) in [6.07, 6.45) is 0.536. The maximum absolute atomic E-state index is 11.2. The molecule has 0 aromatic rings. The van der Waals surface area contributed by atoms with E-state index in [0.29, 0.717) is 19.4 Å².